The van der Waals surface area contributed by atoms with Gasteiger partial charge in [0.25, 0.3) is 5.22 Å². The number of fused-ring (bicyclic) bond motifs is 1. The molecule has 2 aromatic heterocycles. The van der Waals surface area contributed by atoms with Crippen molar-refractivity contribution in [2.24, 2.45) is 0 Å². The van der Waals surface area contributed by atoms with Crippen LogP contribution in [-0.2, 0) is 4.79 Å². The lowest BCUT2D eigenvalue weighted by atomic mass is 10.1. The molecule has 0 unspecified atom stereocenters. The van der Waals surface area contributed by atoms with Crippen molar-refractivity contribution in [3.05, 3.63) is 36.5 Å². The molecule has 1 N–H and O–H groups in total. The van der Waals surface area contributed by atoms with E-state index in [0.717, 1.165) is 22.5 Å². The summed E-state index contributed by atoms with van der Waals surface area (Å²) >= 11 is 0.982. The van der Waals surface area contributed by atoms with Crippen LogP contribution in [0.25, 0.3) is 22.3 Å². The van der Waals surface area contributed by atoms with Gasteiger partial charge in [0.1, 0.15) is 11.4 Å². The Balaban J connectivity index is 1.97. The number of carboxylic acids is 1. The normalized spacial score (nSPS) is 10.8. The van der Waals surface area contributed by atoms with Gasteiger partial charge >= 0.3 is 5.97 Å². The number of rotatable bonds is 4. The van der Waals surface area contributed by atoms with Crippen molar-refractivity contribution in [1.82, 2.24) is 15.1 Å². The maximum atomic E-state index is 10.5. The first-order valence-corrected chi connectivity index (χ1v) is 6.75. The van der Waals surface area contributed by atoms with Crippen LogP contribution in [0.2, 0.25) is 0 Å². The molecule has 20 heavy (non-hydrogen) atoms. The van der Waals surface area contributed by atoms with E-state index in [1.54, 1.807) is 6.20 Å². The highest BCUT2D eigenvalue weighted by atomic mass is 32.2. The number of aromatic nitrogens is 3. The van der Waals surface area contributed by atoms with E-state index in [9.17, 15) is 4.79 Å². The van der Waals surface area contributed by atoms with E-state index >= 15 is 0 Å². The Morgan fingerprint density at radius 3 is 3.00 bits per heavy atom. The molecule has 3 rings (SSSR count). The minimum Gasteiger partial charge on any atom is -0.481 e. The number of benzene rings is 1. The lowest BCUT2D eigenvalue weighted by molar-refractivity contribution is -0.133. The molecule has 0 radical (unpaired) electrons. The van der Waals surface area contributed by atoms with Crippen molar-refractivity contribution in [2.45, 2.75) is 5.22 Å². The van der Waals surface area contributed by atoms with Gasteiger partial charge in [0.05, 0.1) is 0 Å². The highest BCUT2D eigenvalue weighted by molar-refractivity contribution is 7.99. The summed E-state index contributed by atoms with van der Waals surface area (Å²) in [6.07, 6.45) is 1.68. The van der Waals surface area contributed by atoms with Crippen molar-refractivity contribution in [2.75, 3.05) is 5.75 Å². The Morgan fingerprint density at radius 2 is 2.15 bits per heavy atom. The predicted molar refractivity (Wildman–Crippen MR) is 73.4 cm³/mol. The summed E-state index contributed by atoms with van der Waals surface area (Å²) in [5.74, 6) is -0.697. The molecule has 7 heteroatoms. The summed E-state index contributed by atoms with van der Waals surface area (Å²) in [6.45, 7) is 0. The number of nitrogens with zero attached hydrogens (tertiary/aromatic N) is 3. The lowest BCUT2D eigenvalue weighted by Crippen LogP contribution is -1.97. The van der Waals surface area contributed by atoms with E-state index in [-0.39, 0.29) is 11.0 Å². The third-order valence-electron chi connectivity index (χ3n) is 2.61. The van der Waals surface area contributed by atoms with Gasteiger partial charge < -0.3 is 9.63 Å². The minimum absolute atomic E-state index is 0.120. The van der Waals surface area contributed by atoms with Gasteiger partial charge in [-0.05, 0) is 11.5 Å². The summed E-state index contributed by atoms with van der Waals surface area (Å²) < 4.78 is 5.02. The largest absolute Gasteiger partial charge is 0.481 e. The summed E-state index contributed by atoms with van der Waals surface area (Å²) in [5, 5.41) is 14.6. The zero-order valence-corrected chi connectivity index (χ0v) is 11.0. The van der Waals surface area contributed by atoms with Crippen LogP contribution >= 0.6 is 11.8 Å². The monoisotopic (exact) mass is 287 g/mol. The molecule has 0 spiro atoms. The van der Waals surface area contributed by atoms with Crippen LogP contribution in [-0.4, -0.2) is 32.0 Å². The van der Waals surface area contributed by atoms with Crippen LogP contribution in [0.3, 0.4) is 0 Å². The molecular formula is C13H9N3O3S. The Morgan fingerprint density at radius 1 is 1.30 bits per heavy atom. The molecule has 3 aromatic rings. The standard InChI is InChI=1S/C13H9N3O3S/c17-10(18)7-20-13-15-12(16-19-13)11-9-4-2-1-3-8(9)5-6-14-11/h1-6H,7H2,(H,17,18). The van der Waals surface area contributed by atoms with Gasteiger partial charge in [-0.1, -0.05) is 41.2 Å². The Hall–Kier alpha value is -2.41. The smallest absolute Gasteiger partial charge is 0.314 e. The average molecular weight is 287 g/mol. The van der Waals surface area contributed by atoms with Crippen LogP contribution in [0.4, 0.5) is 0 Å². The maximum absolute atomic E-state index is 10.5. The van der Waals surface area contributed by atoms with Crippen LogP contribution < -0.4 is 0 Å². The number of carbonyl (C=O) groups is 1. The fourth-order valence-electron chi connectivity index (χ4n) is 1.79. The average Bonchev–Trinajstić information content (AvgIpc) is 2.93. The number of pyridine rings is 1. The number of carboxylic acid groups (broad SMARTS) is 1. The second-order valence-corrected chi connectivity index (χ2v) is 4.87. The first kappa shape index (κ1) is 12.6. The summed E-state index contributed by atoms with van der Waals surface area (Å²) in [4.78, 5) is 18.9. The van der Waals surface area contributed by atoms with Crippen molar-refractivity contribution in [3.8, 4) is 11.5 Å². The summed E-state index contributed by atoms with van der Waals surface area (Å²) in [7, 11) is 0. The Bertz CT molecular complexity index is 767. The summed E-state index contributed by atoms with van der Waals surface area (Å²) in [5.41, 5.74) is 0.619. The summed E-state index contributed by atoms with van der Waals surface area (Å²) in [6, 6.07) is 9.65. The molecule has 6 nitrogen and oxygen atoms in total. The SMILES string of the molecule is O=C(O)CSc1nc(-c2nccc3ccccc23)no1. The number of hydrogen-bond donors (Lipinski definition) is 1. The van der Waals surface area contributed by atoms with Gasteiger partial charge in [-0.15, -0.1) is 0 Å². The van der Waals surface area contributed by atoms with Crippen LogP contribution in [0.5, 0.6) is 0 Å². The second kappa shape index (κ2) is 5.30. The fourth-order valence-corrected chi connectivity index (χ4v) is 2.27. The highest BCUT2D eigenvalue weighted by Crippen LogP contribution is 2.26. The van der Waals surface area contributed by atoms with Crippen LogP contribution in [0, 0.1) is 0 Å². The van der Waals surface area contributed by atoms with Gasteiger partial charge in [0.15, 0.2) is 0 Å². The molecule has 1 aromatic carbocycles. The van der Waals surface area contributed by atoms with Crippen molar-refractivity contribution >= 4 is 28.5 Å². The number of hydrogen-bond acceptors (Lipinski definition) is 6. The molecule has 0 atom stereocenters. The van der Waals surface area contributed by atoms with Crippen LogP contribution in [0.15, 0.2) is 46.3 Å². The molecule has 0 saturated carbocycles. The molecule has 0 aliphatic rings. The van der Waals surface area contributed by atoms with E-state index in [2.05, 4.69) is 15.1 Å². The van der Waals surface area contributed by atoms with Gasteiger partial charge in [-0.2, -0.15) is 4.98 Å². The highest BCUT2D eigenvalue weighted by Gasteiger charge is 2.13. The molecule has 100 valence electrons. The second-order valence-electron chi connectivity index (χ2n) is 3.95. The zero-order valence-electron chi connectivity index (χ0n) is 10.2. The quantitative estimate of drug-likeness (QED) is 0.737. The van der Waals surface area contributed by atoms with Gasteiger partial charge in [-0.25, -0.2) is 0 Å². The van der Waals surface area contributed by atoms with E-state index < -0.39 is 5.97 Å². The molecule has 0 bridgehead atoms. The van der Waals surface area contributed by atoms with Crippen molar-refractivity contribution in [3.63, 3.8) is 0 Å². The third kappa shape index (κ3) is 2.48. The number of aliphatic carboxylic acids is 1. The topological polar surface area (TPSA) is 89.1 Å². The molecule has 0 fully saturated rings. The molecule has 0 amide bonds. The van der Waals surface area contributed by atoms with Gasteiger partial charge in [-0.3, -0.25) is 9.78 Å². The molecule has 0 aliphatic carbocycles. The molecule has 0 saturated heterocycles. The van der Waals surface area contributed by atoms with Crippen molar-refractivity contribution in [1.29, 1.82) is 0 Å². The molecule has 2 heterocycles. The lowest BCUT2D eigenvalue weighted by Gasteiger charge is -2.00. The first-order chi connectivity index (χ1) is 9.74. The van der Waals surface area contributed by atoms with E-state index in [1.807, 2.05) is 30.3 Å². The van der Waals surface area contributed by atoms with Crippen molar-refractivity contribution < 1.29 is 14.4 Å². The first-order valence-electron chi connectivity index (χ1n) is 5.76. The third-order valence-corrected chi connectivity index (χ3v) is 3.42. The van der Waals surface area contributed by atoms with E-state index in [4.69, 9.17) is 9.63 Å². The van der Waals surface area contributed by atoms with E-state index in [0.29, 0.717) is 11.5 Å². The number of thioether (sulfide) groups is 1. The molecular weight excluding hydrogens is 278 g/mol. The fraction of sp³-hybridized carbons (Fsp3) is 0.0769. The van der Waals surface area contributed by atoms with Gasteiger partial charge in [0.2, 0.25) is 5.82 Å². The maximum Gasteiger partial charge on any atom is 0.314 e. The Kier molecular flexibility index (Phi) is 3.34. The zero-order chi connectivity index (χ0) is 13.9. The Labute approximate surface area is 117 Å². The van der Waals surface area contributed by atoms with E-state index in [1.165, 1.54) is 0 Å². The molecule has 0 aliphatic heterocycles. The predicted octanol–water partition coefficient (Wildman–Crippen LogP) is 2.46. The van der Waals surface area contributed by atoms with Crippen LogP contribution in [0.1, 0.15) is 0 Å². The van der Waals surface area contributed by atoms with Gasteiger partial charge in [0, 0.05) is 11.6 Å². The minimum atomic E-state index is -0.932.